The summed E-state index contributed by atoms with van der Waals surface area (Å²) in [6.45, 7) is 8.77. The van der Waals surface area contributed by atoms with Gasteiger partial charge in [-0.1, -0.05) is 23.7 Å². The van der Waals surface area contributed by atoms with E-state index in [-0.39, 0.29) is 29.9 Å². The van der Waals surface area contributed by atoms with Crippen molar-refractivity contribution in [2.75, 3.05) is 39.8 Å². The van der Waals surface area contributed by atoms with Crippen LogP contribution in [0.3, 0.4) is 0 Å². The maximum atomic E-state index is 12.6. The van der Waals surface area contributed by atoms with Gasteiger partial charge in [0, 0.05) is 57.0 Å². The Kier molecular flexibility index (Phi) is 10.1. The Morgan fingerprint density at radius 2 is 1.87 bits per heavy atom. The number of nitrogens with zero attached hydrogens (tertiary/aromatic N) is 5. The molecule has 9 heteroatoms. The average Bonchev–Trinajstić information content (AvgIpc) is 3.05. The molecule has 0 spiro atoms. The Morgan fingerprint density at radius 3 is 2.48 bits per heavy atom. The van der Waals surface area contributed by atoms with Crippen molar-refractivity contribution in [2.45, 2.75) is 33.2 Å². The van der Waals surface area contributed by atoms with Crippen molar-refractivity contribution in [1.29, 1.82) is 0 Å². The minimum absolute atomic E-state index is 0. The van der Waals surface area contributed by atoms with Crippen molar-refractivity contribution in [2.24, 2.45) is 4.99 Å². The number of carbonyl (C=O) groups is 1. The van der Waals surface area contributed by atoms with E-state index in [9.17, 15) is 4.79 Å². The van der Waals surface area contributed by atoms with Gasteiger partial charge in [0.15, 0.2) is 5.96 Å². The fourth-order valence-corrected chi connectivity index (χ4v) is 3.98. The number of aromatic nitrogens is 2. The second-order valence-electron chi connectivity index (χ2n) is 7.65. The van der Waals surface area contributed by atoms with Gasteiger partial charge < -0.3 is 15.1 Å². The van der Waals surface area contributed by atoms with Crippen LogP contribution in [0.2, 0.25) is 5.02 Å². The summed E-state index contributed by atoms with van der Waals surface area (Å²) in [5, 5.41) is 8.61. The number of piperazine rings is 1. The van der Waals surface area contributed by atoms with Crippen LogP contribution in [-0.4, -0.2) is 71.2 Å². The van der Waals surface area contributed by atoms with Crippen LogP contribution < -0.4 is 5.32 Å². The summed E-state index contributed by atoms with van der Waals surface area (Å²) in [5.74, 6) is 1.04. The minimum Gasteiger partial charge on any atom is -0.356 e. The van der Waals surface area contributed by atoms with Crippen LogP contribution >= 0.6 is 35.6 Å². The first-order valence-corrected chi connectivity index (χ1v) is 10.8. The number of benzene rings is 1. The molecule has 1 N–H and O–H groups in total. The molecule has 0 radical (unpaired) electrons. The van der Waals surface area contributed by atoms with E-state index >= 15 is 0 Å². The quantitative estimate of drug-likeness (QED) is 0.256. The Morgan fingerprint density at radius 1 is 1.16 bits per heavy atom. The van der Waals surface area contributed by atoms with Gasteiger partial charge in [0.25, 0.3) is 0 Å². The molecule has 3 rings (SSSR count). The van der Waals surface area contributed by atoms with Gasteiger partial charge in [-0.25, -0.2) is 0 Å². The Balaban J connectivity index is 0.00000341. The number of guanidine groups is 1. The number of hydrogen-bond acceptors (Lipinski definition) is 3. The lowest BCUT2D eigenvalue weighted by Crippen LogP contribution is -2.54. The lowest BCUT2D eigenvalue weighted by Gasteiger charge is -2.36. The van der Waals surface area contributed by atoms with Crippen LogP contribution in [-0.2, 0) is 17.8 Å². The number of carbonyl (C=O) groups excluding carboxylic acids is 1. The third-order valence-electron chi connectivity index (χ3n) is 5.32. The van der Waals surface area contributed by atoms with E-state index < -0.39 is 0 Å². The molecule has 0 bridgehead atoms. The number of aryl methyl sites for hydroxylation is 3. The van der Waals surface area contributed by atoms with E-state index in [4.69, 9.17) is 11.6 Å². The normalized spacial score (nSPS) is 14.4. The van der Waals surface area contributed by atoms with Crippen molar-refractivity contribution in [3.63, 3.8) is 0 Å². The average molecular weight is 559 g/mol. The van der Waals surface area contributed by atoms with Gasteiger partial charge in [0.2, 0.25) is 5.91 Å². The Labute approximate surface area is 206 Å². The standard InChI is InChI=1S/C22H31ClN6O.HI/c1-17-14-18(2)29(26-17)9-5-8-25-22(24-3)28-12-10-27(11-13-28)21(30)16-19-6-4-7-20(23)15-19;/h4,6-7,14-15H,5,8-13,16H2,1-3H3,(H,24,25);1H. The zero-order valence-corrected chi connectivity index (χ0v) is 21.6. The molecule has 31 heavy (non-hydrogen) atoms. The SMILES string of the molecule is CN=C(NCCCn1nc(C)cc1C)N1CCN(C(=O)Cc2cccc(Cl)c2)CC1.I. The molecule has 1 aliphatic rings. The first-order valence-electron chi connectivity index (χ1n) is 10.4. The Bertz CT molecular complexity index is 892. The van der Waals surface area contributed by atoms with Crippen LogP contribution in [0.1, 0.15) is 23.4 Å². The summed E-state index contributed by atoms with van der Waals surface area (Å²) >= 11 is 6.02. The highest BCUT2D eigenvalue weighted by Gasteiger charge is 2.23. The molecule has 1 aliphatic heterocycles. The van der Waals surface area contributed by atoms with Crippen molar-refractivity contribution >= 4 is 47.4 Å². The summed E-state index contributed by atoms with van der Waals surface area (Å²) in [5.41, 5.74) is 3.20. The van der Waals surface area contributed by atoms with Crippen LogP contribution in [0.25, 0.3) is 0 Å². The second kappa shape index (κ2) is 12.3. The molecule has 1 fully saturated rings. The maximum absolute atomic E-state index is 12.6. The first-order chi connectivity index (χ1) is 14.5. The van der Waals surface area contributed by atoms with E-state index in [0.29, 0.717) is 24.5 Å². The van der Waals surface area contributed by atoms with E-state index in [0.717, 1.165) is 49.8 Å². The molecule has 1 saturated heterocycles. The number of nitrogens with one attached hydrogen (secondary N) is 1. The van der Waals surface area contributed by atoms with Crippen molar-refractivity contribution in [3.05, 3.63) is 52.3 Å². The number of halogens is 2. The summed E-state index contributed by atoms with van der Waals surface area (Å²) in [6, 6.07) is 9.60. The largest absolute Gasteiger partial charge is 0.356 e. The van der Waals surface area contributed by atoms with Crippen molar-refractivity contribution in [1.82, 2.24) is 24.9 Å². The van der Waals surface area contributed by atoms with Crippen LogP contribution in [0.15, 0.2) is 35.3 Å². The number of hydrogen-bond donors (Lipinski definition) is 1. The molecular formula is C22H32ClIN6O. The van der Waals surface area contributed by atoms with Gasteiger partial charge in [-0.3, -0.25) is 14.5 Å². The van der Waals surface area contributed by atoms with Crippen LogP contribution in [0.5, 0.6) is 0 Å². The molecule has 7 nitrogen and oxygen atoms in total. The van der Waals surface area contributed by atoms with Crippen LogP contribution in [0.4, 0.5) is 0 Å². The highest BCUT2D eigenvalue weighted by atomic mass is 127. The smallest absolute Gasteiger partial charge is 0.227 e. The highest BCUT2D eigenvalue weighted by molar-refractivity contribution is 14.0. The van der Waals surface area contributed by atoms with Crippen molar-refractivity contribution < 1.29 is 4.79 Å². The van der Waals surface area contributed by atoms with E-state index in [2.05, 4.69) is 33.3 Å². The van der Waals surface area contributed by atoms with E-state index in [1.807, 2.05) is 40.8 Å². The predicted octanol–water partition coefficient (Wildman–Crippen LogP) is 3.12. The minimum atomic E-state index is 0. The molecule has 1 amide bonds. The maximum Gasteiger partial charge on any atom is 0.227 e. The zero-order chi connectivity index (χ0) is 21.5. The number of amides is 1. The van der Waals surface area contributed by atoms with Crippen LogP contribution in [0, 0.1) is 13.8 Å². The lowest BCUT2D eigenvalue weighted by molar-refractivity contribution is -0.131. The summed E-state index contributed by atoms with van der Waals surface area (Å²) in [4.78, 5) is 21.2. The molecule has 2 heterocycles. The summed E-state index contributed by atoms with van der Waals surface area (Å²) in [6.07, 6.45) is 1.36. The molecule has 1 aromatic carbocycles. The molecule has 0 aliphatic carbocycles. The monoisotopic (exact) mass is 558 g/mol. The molecule has 2 aromatic rings. The Hall–Kier alpha value is -1.81. The molecule has 170 valence electrons. The molecular weight excluding hydrogens is 527 g/mol. The topological polar surface area (TPSA) is 65.8 Å². The third-order valence-corrected chi connectivity index (χ3v) is 5.56. The predicted molar refractivity (Wildman–Crippen MR) is 136 cm³/mol. The molecule has 0 unspecified atom stereocenters. The fourth-order valence-electron chi connectivity index (χ4n) is 3.76. The zero-order valence-electron chi connectivity index (χ0n) is 18.5. The third kappa shape index (κ3) is 7.38. The first kappa shape index (κ1) is 25.5. The highest BCUT2D eigenvalue weighted by Crippen LogP contribution is 2.13. The fraction of sp³-hybridized carbons (Fsp3) is 0.500. The summed E-state index contributed by atoms with van der Waals surface area (Å²) in [7, 11) is 1.81. The van der Waals surface area contributed by atoms with Gasteiger partial charge >= 0.3 is 0 Å². The number of rotatable bonds is 6. The van der Waals surface area contributed by atoms with Gasteiger partial charge in [-0.15, -0.1) is 24.0 Å². The summed E-state index contributed by atoms with van der Waals surface area (Å²) < 4.78 is 2.05. The van der Waals surface area contributed by atoms with Gasteiger partial charge in [-0.05, 0) is 44.0 Å². The van der Waals surface area contributed by atoms with Gasteiger partial charge in [0.1, 0.15) is 0 Å². The second-order valence-corrected chi connectivity index (χ2v) is 8.09. The molecule has 0 saturated carbocycles. The molecule has 1 aromatic heterocycles. The van der Waals surface area contributed by atoms with Crippen molar-refractivity contribution in [3.8, 4) is 0 Å². The molecule has 0 atom stereocenters. The van der Waals surface area contributed by atoms with Gasteiger partial charge in [-0.2, -0.15) is 5.10 Å². The van der Waals surface area contributed by atoms with E-state index in [1.54, 1.807) is 7.05 Å². The number of aliphatic imine (C=N–C) groups is 1. The lowest BCUT2D eigenvalue weighted by atomic mass is 10.1. The van der Waals surface area contributed by atoms with E-state index in [1.165, 1.54) is 5.69 Å². The van der Waals surface area contributed by atoms with Gasteiger partial charge in [0.05, 0.1) is 12.1 Å².